The quantitative estimate of drug-likeness (QED) is 0.697. The molecule has 0 saturated heterocycles. The van der Waals surface area contributed by atoms with Crippen molar-refractivity contribution in [3.8, 4) is 5.88 Å². The summed E-state index contributed by atoms with van der Waals surface area (Å²) in [4.78, 5) is 7.70. The Balaban J connectivity index is 2.21. The third-order valence-corrected chi connectivity index (χ3v) is 2.57. The summed E-state index contributed by atoms with van der Waals surface area (Å²) in [5.74, 6) is 0.120. The van der Waals surface area contributed by atoms with Gasteiger partial charge in [0.25, 0.3) is 0 Å². The predicted octanol–water partition coefficient (Wildman–Crippen LogP) is 2.67. The molecule has 0 radical (unpaired) electrons. The largest absolute Gasteiger partial charge is 0.493 e. The molecular formula is C12H21N3O. The Bertz CT molecular complexity index is 295. The highest BCUT2D eigenvalue weighted by Crippen LogP contribution is 2.12. The molecule has 90 valence electrons. The molecule has 1 aromatic heterocycles. The van der Waals surface area contributed by atoms with E-state index < -0.39 is 0 Å². The molecule has 0 aliphatic carbocycles. The smallest absolute Gasteiger partial charge is 0.223 e. The molecule has 0 aliphatic rings. The van der Waals surface area contributed by atoms with Gasteiger partial charge in [0.05, 0.1) is 0 Å². The molecule has 0 atom stereocenters. The lowest BCUT2D eigenvalue weighted by atomic mass is 10.1. The maximum atomic E-state index is 9.24. The fraction of sp³-hybridized carbons (Fsp3) is 0.667. The molecule has 1 rings (SSSR count). The average molecular weight is 223 g/mol. The minimum absolute atomic E-state index is 0.0338. The summed E-state index contributed by atoms with van der Waals surface area (Å²) in [6.45, 7) is 2.21. The normalized spacial score (nSPS) is 10.6. The van der Waals surface area contributed by atoms with Gasteiger partial charge in [-0.1, -0.05) is 39.0 Å². The number of unbranched alkanes of at least 4 members (excludes halogenated alkanes) is 5. The number of hydrogen-bond acceptors (Lipinski definition) is 4. The Labute approximate surface area is 96.9 Å². The van der Waals surface area contributed by atoms with E-state index in [-0.39, 0.29) is 11.8 Å². The maximum Gasteiger partial charge on any atom is 0.223 e. The van der Waals surface area contributed by atoms with E-state index >= 15 is 0 Å². The van der Waals surface area contributed by atoms with Crippen LogP contribution in [0.4, 0.5) is 5.95 Å². The number of rotatable bonds is 7. The Morgan fingerprint density at radius 2 is 1.81 bits per heavy atom. The summed E-state index contributed by atoms with van der Waals surface area (Å²) in [7, 11) is 0. The average Bonchev–Trinajstić information content (AvgIpc) is 2.22. The van der Waals surface area contributed by atoms with E-state index in [1.807, 2.05) is 0 Å². The molecule has 4 heteroatoms. The van der Waals surface area contributed by atoms with E-state index in [2.05, 4.69) is 16.9 Å². The van der Waals surface area contributed by atoms with E-state index in [1.165, 1.54) is 32.1 Å². The molecule has 1 aromatic rings. The lowest BCUT2D eigenvalue weighted by molar-refractivity contribution is 0.451. The van der Waals surface area contributed by atoms with Gasteiger partial charge in [0.1, 0.15) is 0 Å². The molecule has 0 fully saturated rings. The minimum atomic E-state index is -0.0338. The first-order valence-corrected chi connectivity index (χ1v) is 6.04. The van der Waals surface area contributed by atoms with Crippen molar-refractivity contribution < 1.29 is 5.11 Å². The van der Waals surface area contributed by atoms with Crippen molar-refractivity contribution in [3.05, 3.63) is 11.8 Å². The molecule has 1 heterocycles. The molecule has 4 nitrogen and oxygen atoms in total. The van der Waals surface area contributed by atoms with Gasteiger partial charge in [-0.3, -0.25) is 0 Å². The minimum Gasteiger partial charge on any atom is -0.493 e. The number of nitrogens with two attached hydrogens (primary N) is 1. The number of nitrogen functional groups attached to an aromatic ring is 1. The van der Waals surface area contributed by atoms with Gasteiger partial charge in [-0.2, -0.15) is 4.98 Å². The van der Waals surface area contributed by atoms with Gasteiger partial charge in [-0.25, -0.2) is 4.98 Å². The topological polar surface area (TPSA) is 72.0 Å². The number of anilines is 1. The summed E-state index contributed by atoms with van der Waals surface area (Å²) in [6, 6.07) is 1.59. The number of hydrogen-bond donors (Lipinski definition) is 2. The standard InChI is InChI=1S/C12H21N3O/c1-2-3-4-5-6-7-8-10-9-11(16)15-12(13)14-10/h9H,2-8H2,1H3,(H3,13,14,15,16). The summed E-state index contributed by atoms with van der Waals surface area (Å²) in [5.41, 5.74) is 6.28. The first kappa shape index (κ1) is 12.7. The molecule has 0 bridgehead atoms. The third kappa shape index (κ3) is 4.96. The van der Waals surface area contributed by atoms with Crippen molar-refractivity contribution in [2.24, 2.45) is 0 Å². The number of nitrogens with zero attached hydrogens (tertiary/aromatic N) is 2. The molecule has 0 aromatic carbocycles. The van der Waals surface area contributed by atoms with Crippen LogP contribution in [0.1, 0.15) is 51.1 Å². The van der Waals surface area contributed by atoms with Crippen LogP contribution in [0.3, 0.4) is 0 Å². The molecule has 3 N–H and O–H groups in total. The summed E-state index contributed by atoms with van der Waals surface area (Å²) in [6.07, 6.45) is 8.36. The summed E-state index contributed by atoms with van der Waals surface area (Å²) in [5, 5.41) is 9.24. The van der Waals surface area contributed by atoms with Crippen LogP contribution in [0.5, 0.6) is 5.88 Å². The maximum absolute atomic E-state index is 9.24. The van der Waals surface area contributed by atoms with E-state index in [1.54, 1.807) is 6.07 Å². The van der Waals surface area contributed by atoms with Gasteiger partial charge in [-0.05, 0) is 12.8 Å². The van der Waals surface area contributed by atoms with Crippen LogP contribution in [0.25, 0.3) is 0 Å². The Morgan fingerprint density at radius 1 is 1.12 bits per heavy atom. The lowest BCUT2D eigenvalue weighted by Gasteiger charge is -2.02. The predicted molar refractivity (Wildman–Crippen MR) is 65.2 cm³/mol. The monoisotopic (exact) mass is 223 g/mol. The van der Waals surface area contributed by atoms with Crippen LogP contribution in [0, 0.1) is 0 Å². The van der Waals surface area contributed by atoms with Crippen molar-refractivity contribution in [1.29, 1.82) is 0 Å². The van der Waals surface area contributed by atoms with Crippen molar-refractivity contribution in [1.82, 2.24) is 9.97 Å². The van der Waals surface area contributed by atoms with Crippen LogP contribution in [0.15, 0.2) is 6.07 Å². The van der Waals surface area contributed by atoms with E-state index in [4.69, 9.17) is 5.73 Å². The van der Waals surface area contributed by atoms with Crippen LogP contribution in [0.2, 0.25) is 0 Å². The highest BCUT2D eigenvalue weighted by molar-refractivity contribution is 5.25. The molecule has 0 saturated carbocycles. The molecular weight excluding hydrogens is 202 g/mol. The van der Waals surface area contributed by atoms with Gasteiger partial charge in [0.2, 0.25) is 11.8 Å². The summed E-state index contributed by atoms with van der Waals surface area (Å²) < 4.78 is 0. The van der Waals surface area contributed by atoms with Gasteiger partial charge in [0.15, 0.2) is 0 Å². The second-order valence-electron chi connectivity index (χ2n) is 4.09. The fourth-order valence-corrected chi connectivity index (χ4v) is 1.72. The van der Waals surface area contributed by atoms with E-state index in [9.17, 15) is 5.11 Å². The fourth-order valence-electron chi connectivity index (χ4n) is 1.72. The van der Waals surface area contributed by atoms with Crippen LogP contribution >= 0.6 is 0 Å². The molecule has 0 amide bonds. The first-order valence-electron chi connectivity index (χ1n) is 6.04. The van der Waals surface area contributed by atoms with Gasteiger partial charge in [0, 0.05) is 11.8 Å². The number of aromatic hydroxyl groups is 1. The third-order valence-electron chi connectivity index (χ3n) is 2.57. The van der Waals surface area contributed by atoms with Gasteiger partial charge >= 0.3 is 0 Å². The zero-order valence-corrected chi connectivity index (χ0v) is 9.95. The van der Waals surface area contributed by atoms with Crippen LogP contribution in [-0.4, -0.2) is 15.1 Å². The zero-order valence-electron chi connectivity index (χ0n) is 9.95. The molecule has 0 unspecified atom stereocenters. The Kier molecular flexibility index (Phi) is 5.61. The van der Waals surface area contributed by atoms with Crippen LogP contribution in [-0.2, 0) is 6.42 Å². The lowest BCUT2D eigenvalue weighted by Crippen LogP contribution is -1.99. The van der Waals surface area contributed by atoms with Gasteiger partial charge < -0.3 is 10.8 Å². The highest BCUT2D eigenvalue weighted by atomic mass is 16.3. The second-order valence-corrected chi connectivity index (χ2v) is 4.09. The zero-order chi connectivity index (χ0) is 11.8. The first-order chi connectivity index (χ1) is 7.72. The number of aromatic nitrogens is 2. The van der Waals surface area contributed by atoms with Crippen molar-refractivity contribution in [2.75, 3.05) is 5.73 Å². The Hall–Kier alpha value is -1.32. The number of aryl methyl sites for hydroxylation is 1. The van der Waals surface area contributed by atoms with Crippen molar-refractivity contribution in [2.45, 2.75) is 51.9 Å². The molecule has 0 aliphatic heterocycles. The van der Waals surface area contributed by atoms with E-state index in [0.717, 1.165) is 18.5 Å². The van der Waals surface area contributed by atoms with E-state index in [0.29, 0.717) is 0 Å². The van der Waals surface area contributed by atoms with Crippen molar-refractivity contribution >= 4 is 5.95 Å². The molecule has 16 heavy (non-hydrogen) atoms. The van der Waals surface area contributed by atoms with Gasteiger partial charge in [-0.15, -0.1) is 0 Å². The van der Waals surface area contributed by atoms with Crippen LogP contribution < -0.4 is 5.73 Å². The second kappa shape index (κ2) is 7.04. The molecule has 0 spiro atoms. The van der Waals surface area contributed by atoms with Crippen molar-refractivity contribution in [3.63, 3.8) is 0 Å². The highest BCUT2D eigenvalue weighted by Gasteiger charge is 2.00. The SMILES string of the molecule is CCCCCCCCc1cc(O)nc(N)n1. The Morgan fingerprint density at radius 3 is 2.50 bits per heavy atom. The summed E-state index contributed by atoms with van der Waals surface area (Å²) >= 11 is 0.